The Kier molecular flexibility index (Phi) is 28.0. The van der Waals surface area contributed by atoms with Crippen LogP contribution in [-0.2, 0) is 46.1 Å². The second-order valence-electron chi connectivity index (χ2n) is 2.32. The summed E-state index contributed by atoms with van der Waals surface area (Å²) in [4.78, 5) is 19.3. The molecule has 6 nitrogen and oxygen atoms in total. The van der Waals surface area contributed by atoms with Gasteiger partial charge in [-0.1, -0.05) is 0 Å². The Bertz CT molecular complexity index is 188. The summed E-state index contributed by atoms with van der Waals surface area (Å²) in [6, 6.07) is -0.683. The molecule has 9 heteroatoms. The molecule has 1 unspecified atom stereocenters. The minimum atomic E-state index is -0.968. The first kappa shape index (κ1) is 25.3. The summed E-state index contributed by atoms with van der Waals surface area (Å²) in [5.74, 6) is -1.07. The molecule has 0 bridgehead atoms. The SMILES string of the molecule is CSCCC(N)C(=O)O.NCC(=O)O.[Fe].[Zn]. The molecule has 0 fully saturated rings. The topological polar surface area (TPSA) is 127 Å². The first-order valence-electron chi connectivity index (χ1n) is 3.84. The number of aliphatic carboxylic acids is 2. The maximum absolute atomic E-state index is 10.1. The minimum absolute atomic E-state index is 0. The van der Waals surface area contributed by atoms with Crippen molar-refractivity contribution in [2.75, 3.05) is 18.6 Å². The standard InChI is InChI=1S/C5H11NO2S.C2H5NO2.Fe.Zn/c1-9-3-2-4(6)5(7)8;3-1-2(4)5;;/h4H,2-3,6H2,1H3,(H,7,8);1,3H2,(H,4,5);;. The molecule has 0 heterocycles. The number of hydrogen-bond acceptors (Lipinski definition) is 5. The zero-order valence-electron chi connectivity index (χ0n) is 9.03. The quantitative estimate of drug-likeness (QED) is 0.479. The van der Waals surface area contributed by atoms with Gasteiger partial charge in [-0.2, -0.15) is 11.8 Å². The average molecular weight is 346 g/mol. The minimum Gasteiger partial charge on any atom is -0.480 e. The van der Waals surface area contributed by atoms with Crippen molar-refractivity contribution >= 4 is 23.7 Å². The van der Waals surface area contributed by atoms with E-state index < -0.39 is 18.0 Å². The van der Waals surface area contributed by atoms with Gasteiger partial charge in [0.25, 0.3) is 0 Å². The Morgan fingerprint density at radius 2 is 1.75 bits per heavy atom. The zero-order valence-corrected chi connectivity index (χ0v) is 13.9. The molecule has 0 aliphatic rings. The number of nitrogens with two attached hydrogens (primary N) is 2. The summed E-state index contributed by atoms with van der Waals surface area (Å²) in [5.41, 5.74) is 9.76. The normalized spacial score (nSPS) is 9.69. The number of carboxylic acid groups (broad SMARTS) is 2. The summed E-state index contributed by atoms with van der Waals surface area (Å²) >= 11 is 1.60. The Morgan fingerprint density at radius 1 is 1.38 bits per heavy atom. The van der Waals surface area contributed by atoms with E-state index in [0.29, 0.717) is 6.42 Å². The molecule has 0 saturated carbocycles. The van der Waals surface area contributed by atoms with E-state index in [2.05, 4.69) is 5.73 Å². The van der Waals surface area contributed by atoms with Gasteiger partial charge in [0.15, 0.2) is 0 Å². The maximum atomic E-state index is 10.1. The van der Waals surface area contributed by atoms with Crippen molar-refractivity contribution in [3.05, 3.63) is 0 Å². The number of carbonyl (C=O) groups is 2. The Balaban J connectivity index is -0.0000000904. The van der Waals surface area contributed by atoms with Gasteiger partial charge in [-0.25, -0.2) is 0 Å². The third kappa shape index (κ3) is 23.9. The fraction of sp³-hybridized carbons (Fsp3) is 0.714. The summed E-state index contributed by atoms with van der Waals surface area (Å²) in [6.07, 6.45) is 2.48. The van der Waals surface area contributed by atoms with Crippen LogP contribution in [0.4, 0.5) is 0 Å². The van der Waals surface area contributed by atoms with Gasteiger partial charge in [-0.15, -0.1) is 0 Å². The van der Waals surface area contributed by atoms with Crippen molar-refractivity contribution in [2.45, 2.75) is 12.5 Å². The second kappa shape index (κ2) is 17.7. The summed E-state index contributed by atoms with van der Waals surface area (Å²) < 4.78 is 0. The third-order valence-electron chi connectivity index (χ3n) is 1.12. The Labute approximate surface area is 122 Å². The van der Waals surface area contributed by atoms with E-state index in [4.69, 9.17) is 15.9 Å². The second-order valence-corrected chi connectivity index (χ2v) is 3.31. The van der Waals surface area contributed by atoms with Crippen LogP contribution in [0.5, 0.6) is 0 Å². The van der Waals surface area contributed by atoms with E-state index in [-0.39, 0.29) is 43.1 Å². The van der Waals surface area contributed by atoms with E-state index in [1.807, 2.05) is 6.26 Å². The van der Waals surface area contributed by atoms with Crippen LogP contribution in [0.2, 0.25) is 0 Å². The maximum Gasteiger partial charge on any atom is 0.320 e. The molecule has 0 aromatic heterocycles. The molecule has 0 aliphatic carbocycles. The van der Waals surface area contributed by atoms with E-state index in [9.17, 15) is 9.59 Å². The van der Waals surface area contributed by atoms with Gasteiger partial charge < -0.3 is 21.7 Å². The molecular formula is C7H16FeN2O4SZn. The molecule has 6 N–H and O–H groups in total. The van der Waals surface area contributed by atoms with Gasteiger partial charge in [0.05, 0.1) is 6.54 Å². The van der Waals surface area contributed by atoms with Crippen LogP contribution in [0, 0.1) is 0 Å². The molecule has 16 heavy (non-hydrogen) atoms. The van der Waals surface area contributed by atoms with Gasteiger partial charge in [0.1, 0.15) is 6.04 Å². The summed E-state index contributed by atoms with van der Waals surface area (Å²) in [6.45, 7) is -0.278. The van der Waals surface area contributed by atoms with Gasteiger partial charge in [0.2, 0.25) is 0 Å². The van der Waals surface area contributed by atoms with Crippen molar-refractivity contribution < 1.29 is 56.3 Å². The Hall–Kier alpha value is 0.353. The van der Waals surface area contributed by atoms with Crippen LogP contribution in [0.15, 0.2) is 0 Å². The fourth-order valence-corrected chi connectivity index (χ4v) is 0.858. The predicted octanol–water partition coefficient (Wildman–Crippen LogP) is -0.824. The molecule has 0 rings (SSSR count). The predicted molar refractivity (Wildman–Crippen MR) is 55.3 cm³/mol. The average Bonchev–Trinajstić information content (AvgIpc) is 2.14. The van der Waals surface area contributed by atoms with Crippen molar-refractivity contribution in [1.82, 2.24) is 0 Å². The van der Waals surface area contributed by atoms with Crippen molar-refractivity contribution in [1.29, 1.82) is 0 Å². The number of hydrogen-bond donors (Lipinski definition) is 4. The van der Waals surface area contributed by atoms with E-state index >= 15 is 0 Å². The van der Waals surface area contributed by atoms with Crippen LogP contribution in [-0.4, -0.2) is 46.7 Å². The van der Waals surface area contributed by atoms with Crippen LogP contribution >= 0.6 is 11.8 Å². The molecule has 0 radical (unpaired) electrons. The first-order chi connectivity index (χ1) is 6.45. The monoisotopic (exact) mass is 344 g/mol. The summed E-state index contributed by atoms with van der Waals surface area (Å²) in [7, 11) is 0. The fourth-order valence-electron chi connectivity index (χ4n) is 0.368. The van der Waals surface area contributed by atoms with Gasteiger partial charge in [-0.3, -0.25) is 9.59 Å². The van der Waals surface area contributed by atoms with Crippen LogP contribution in [0.25, 0.3) is 0 Å². The molecule has 0 spiro atoms. The van der Waals surface area contributed by atoms with Gasteiger partial charge in [0, 0.05) is 36.5 Å². The molecule has 0 amide bonds. The van der Waals surface area contributed by atoms with Crippen molar-refractivity contribution in [3.63, 3.8) is 0 Å². The number of rotatable bonds is 5. The zero-order chi connectivity index (χ0) is 11.6. The van der Waals surface area contributed by atoms with Crippen LogP contribution in [0.3, 0.4) is 0 Å². The third-order valence-corrected chi connectivity index (χ3v) is 1.77. The molecule has 0 saturated heterocycles. The summed E-state index contributed by atoms with van der Waals surface area (Å²) in [5, 5.41) is 15.9. The van der Waals surface area contributed by atoms with Crippen molar-refractivity contribution in [3.8, 4) is 0 Å². The molecule has 0 aliphatic heterocycles. The van der Waals surface area contributed by atoms with Gasteiger partial charge >= 0.3 is 11.9 Å². The Morgan fingerprint density at radius 3 is 1.94 bits per heavy atom. The molecule has 1 atom stereocenters. The number of carboxylic acids is 2. The van der Waals surface area contributed by atoms with Crippen molar-refractivity contribution in [2.24, 2.45) is 11.5 Å². The molecule has 94 valence electrons. The molecule has 0 aromatic rings. The van der Waals surface area contributed by atoms with Crippen LogP contribution < -0.4 is 11.5 Å². The number of thioether (sulfide) groups is 1. The van der Waals surface area contributed by atoms with Crippen LogP contribution in [0.1, 0.15) is 6.42 Å². The first-order valence-corrected chi connectivity index (χ1v) is 5.24. The smallest absolute Gasteiger partial charge is 0.320 e. The van der Waals surface area contributed by atoms with Gasteiger partial charge in [-0.05, 0) is 18.4 Å². The van der Waals surface area contributed by atoms with E-state index in [0.717, 1.165) is 5.75 Å². The molecule has 0 aromatic carbocycles. The van der Waals surface area contributed by atoms with E-state index in [1.165, 1.54) is 0 Å². The molecular weight excluding hydrogens is 329 g/mol. The van der Waals surface area contributed by atoms with E-state index in [1.54, 1.807) is 11.8 Å². The largest absolute Gasteiger partial charge is 0.480 e.